The van der Waals surface area contributed by atoms with Crippen molar-refractivity contribution in [3.8, 4) is 5.75 Å². The molecule has 0 saturated carbocycles. The maximum atomic E-state index is 12.5. The van der Waals surface area contributed by atoms with Crippen molar-refractivity contribution in [3.63, 3.8) is 0 Å². The fourth-order valence-electron chi connectivity index (χ4n) is 2.24. The van der Waals surface area contributed by atoms with Crippen LogP contribution in [-0.2, 0) is 14.8 Å². The van der Waals surface area contributed by atoms with Crippen molar-refractivity contribution in [1.82, 2.24) is 4.98 Å². The normalized spacial score (nSPS) is 11.3. The van der Waals surface area contributed by atoms with Gasteiger partial charge in [-0.2, -0.15) is 0 Å². The summed E-state index contributed by atoms with van der Waals surface area (Å²) in [6.45, 7) is 2.02. The fraction of sp³-hybridized carbons (Fsp3) is 0.176. The lowest BCUT2D eigenvalue weighted by atomic mass is 10.2. The van der Waals surface area contributed by atoms with E-state index in [4.69, 9.17) is 9.47 Å². The minimum Gasteiger partial charge on any atom is -0.497 e. The topological polar surface area (TPSA) is 94.6 Å². The number of fused-ring (bicyclic) bond motifs is 1. The van der Waals surface area contributed by atoms with Crippen LogP contribution in [0.15, 0.2) is 47.4 Å². The van der Waals surface area contributed by atoms with Gasteiger partial charge in [0.05, 0.1) is 34.4 Å². The number of rotatable bonds is 6. The molecule has 0 unspecified atom stereocenters. The Morgan fingerprint density at radius 2 is 1.92 bits per heavy atom. The molecule has 136 valence electrons. The third kappa shape index (κ3) is 3.78. The lowest BCUT2D eigenvalue weighted by molar-refractivity contribution is 0.0526. The number of aromatic nitrogens is 1. The number of carbonyl (C=O) groups excluding carboxylic acids is 1. The number of hydrogen-bond donors (Lipinski definition) is 1. The number of ether oxygens (including phenoxy) is 2. The van der Waals surface area contributed by atoms with Crippen LogP contribution in [0.4, 0.5) is 5.13 Å². The number of methoxy groups -OCH3 is 1. The van der Waals surface area contributed by atoms with E-state index in [1.165, 1.54) is 19.2 Å². The van der Waals surface area contributed by atoms with Gasteiger partial charge in [0.1, 0.15) is 5.75 Å². The number of carbonyl (C=O) groups is 1. The summed E-state index contributed by atoms with van der Waals surface area (Å²) in [6, 6.07) is 10.9. The Kier molecular flexibility index (Phi) is 5.10. The molecule has 0 aliphatic rings. The molecule has 0 atom stereocenters. The summed E-state index contributed by atoms with van der Waals surface area (Å²) in [5.41, 5.74) is 0.989. The van der Waals surface area contributed by atoms with Gasteiger partial charge in [-0.05, 0) is 49.4 Å². The number of anilines is 1. The van der Waals surface area contributed by atoms with Crippen molar-refractivity contribution in [2.75, 3.05) is 18.4 Å². The van der Waals surface area contributed by atoms with Gasteiger partial charge in [-0.3, -0.25) is 4.72 Å². The first-order valence-corrected chi connectivity index (χ1v) is 9.97. The number of thiazole rings is 1. The van der Waals surface area contributed by atoms with Gasteiger partial charge < -0.3 is 9.47 Å². The number of sulfonamides is 1. The van der Waals surface area contributed by atoms with Crippen molar-refractivity contribution in [2.45, 2.75) is 11.8 Å². The maximum Gasteiger partial charge on any atom is 0.338 e. The molecule has 9 heteroatoms. The van der Waals surface area contributed by atoms with Crippen LogP contribution in [-0.4, -0.2) is 33.1 Å². The second-order valence-corrected chi connectivity index (χ2v) is 7.92. The molecule has 1 aromatic heterocycles. The molecule has 3 aromatic rings. The first kappa shape index (κ1) is 18.2. The van der Waals surface area contributed by atoms with E-state index >= 15 is 0 Å². The summed E-state index contributed by atoms with van der Waals surface area (Å²) in [4.78, 5) is 16.2. The monoisotopic (exact) mass is 392 g/mol. The molecule has 0 aliphatic heterocycles. The Hall–Kier alpha value is -2.65. The van der Waals surface area contributed by atoms with Crippen molar-refractivity contribution in [1.29, 1.82) is 0 Å². The highest BCUT2D eigenvalue weighted by Gasteiger charge is 2.17. The van der Waals surface area contributed by atoms with Crippen molar-refractivity contribution >= 4 is 42.7 Å². The molecule has 0 spiro atoms. The van der Waals surface area contributed by atoms with Crippen LogP contribution < -0.4 is 9.46 Å². The quantitative estimate of drug-likeness (QED) is 0.647. The van der Waals surface area contributed by atoms with Crippen LogP contribution in [0.2, 0.25) is 0 Å². The van der Waals surface area contributed by atoms with E-state index in [1.54, 1.807) is 37.3 Å². The van der Waals surface area contributed by atoms with Crippen LogP contribution in [0.3, 0.4) is 0 Å². The van der Waals surface area contributed by atoms with Crippen LogP contribution in [0, 0.1) is 0 Å². The van der Waals surface area contributed by atoms with E-state index < -0.39 is 16.0 Å². The average molecular weight is 392 g/mol. The standard InChI is InChI=1S/C17H16N2O5S2/c1-3-24-16(20)11-4-9-14-15(10-11)25-17(18-14)19-26(21,22)13-7-5-12(23-2)6-8-13/h4-10H,3H2,1-2H3,(H,18,19). The first-order chi connectivity index (χ1) is 12.4. The van der Waals surface area contributed by atoms with Gasteiger partial charge in [-0.1, -0.05) is 11.3 Å². The zero-order valence-electron chi connectivity index (χ0n) is 14.1. The lowest BCUT2D eigenvalue weighted by Gasteiger charge is -2.05. The van der Waals surface area contributed by atoms with Gasteiger partial charge in [0.25, 0.3) is 10.0 Å². The van der Waals surface area contributed by atoms with E-state index in [2.05, 4.69) is 9.71 Å². The molecule has 26 heavy (non-hydrogen) atoms. The zero-order valence-corrected chi connectivity index (χ0v) is 15.7. The number of hydrogen-bond acceptors (Lipinski definition) is 7. The minimum atomic E-state index is -3.77. The van der Waals surface area contributed by atoms with Gasteiger partial charge in [-0.15, -0.1) is 0 Å². The smallest absolute Gasteiger partial charge is 0.338 e. The molecule has 7 nitrogen and oxygen atoms in total. The maximum absolute atomic E-state index is 12.5. The molecule has 3 rings (SSSR count). The van der Waals surface area contributed by atoms with Gasteiger partial charge in [0.15, 0.2) is 5.13 Å². The molecule has 0 amide bonds. The largest absolute Gasteiger partial charge is 0.497 e. The third-order valence-electron chi connectivity index (χ3n) is 3.49. The van der Waals surface area contributed by atoms with Crippen molar-refractivity contribution in [2.24, 2.45) is 0 Å². The summed E-state index contributed by atoms with van der Waals surface area (Å²) in [7, 11) is -2.26. The second kappa shape index (κ2) is 7.30. The van der Waals surface area contributed by atoms with Gasteiger partial charge in [-0.25, -0.2) is 18.2 Å². The summed E-state index contributed by atoms with van der Waals surface area (Å²) >= 11 is 1.14. The molecular formula is C17H16N2O5S2. The Bertz CT molecular complexity index is 1040. The van der Waals surface area contributed by atoms with Gasteiger partial charge in [0, 0.05) is 0 Å². The molecule has 1 N–H and O–H groups in total. The van der Waals surface area contributed by atoms with E-state index in [0.717, 1.165) is 11.3 Å². The highest BCUT2D eigenvalue weighted by molar-refractivity contribution is 7.93. The van der Waals surface area contributed by atoms with Crippen LogP contribution in [0.1, 0.15) is 17.3 Å². The zero-order chi connectivity index (χ0) is 18.7. The molecule has 0 saturated heterocycles. The predicted octanol–water partition coefficient (Wildman–Crippen LogP) is 3.28. The minimum absolute atomic E-state index is 0.102. The van der Waals surface area contributed by atoms with E-state index in [9.17, 15) is 13.2 Å². The van der Waals surface area contributed by atoms with Crippen molar-refractivity contribution < 1.29 is 22.7 Å². The first-order valence-electron chi connectivity index (χ1n) is 7.67. The number of benzene rings is 2. The van der Waals surface area contributed by atoms with Gasteiger partial charge >= 0.3 is 5.97 Å². The average Bonchev–Trinajstić information content (AvgIpc) is 3.02. The highest BCUT2D eigenvalue weighted by Crippen LogP contribution is 2.29. The lowest BCUT2D eigenvalue weighted by Crippen LogP contribution is -2.12. The Labute approximate surface area is 154 Å². The number of nitrogens with one attached hydrogen (secondary N) is 1. The Morgan fingerprint density at radius 1 is 1.19 bits per heavy atom. The molecule has 1 heterocycles. The second-order valence-electron chi connectivity index (χ2n) is 5.20. The number of esters is 1. The van der Waals surface area contributed by atoms with E-state index in [0.29, 0.717) is 21.5 Å². The Balaban J connectivity index is 1.86. The summed E-state index contributed by atoms with van der Waals surface area (Å²) in [5.74, 6) is 0.138. The predicted molar refractivity (Wildman–Crippen MR) is 99.4 cm³/mol. The van der Waals surface area contributed by atoms with Crippen LogP contribution in [0.25, 0.3) is 10.2 Å². The molecule has 0 fully saturated rings. The van der Waals surface area contributed by atoms with Gasteiger partial charge in [0.2, 0.25) is 0 Å². The third-order valence-corrected chi connectivity index (χ3v) is 5.91. The summed E-state index contributed by atoms with van der Waals surface area (Å²) in [5, 5.41) is 0.219. The van der Waals surface area contributed by atoms with E-state index in [-0.39, 0.29) is 16.6 Å². The summed E-state index contributed by atoms with van der Waals surface area (Å²) < 4.78 is 38.1. The molecule has 0 bridgehead atoms. The SMILES string of the molecule is CCOC(=O)c1ccc2nc(NS(=O)(=O)c3ccc(OC)cc3)sc2c1. The van der Waals surface area contributed by atoms with E-state index in [1.807, 2.05) is 0 Å². The Morgan fingerprint density at radius 3 is 2.58 bits per heavy atom. The number of nitrogens with zero attached hydrogens (tertiary/aromatic N) is 1. The molecule has 0 radical (unpaired) electrons. The van der Waals surface area contributed by atoms with Crippen molar-refractivity contribution in [3.05, 3.63) is 48.0 Å². The van der Waals surface area contributed by atoms with Crippen LogP contribution in [0.5, 0.6) is 5.75 Å². The fourth-order valence-corrected chi connectivity index (χ4v) is 4.38. The highest BCUT2D eigenvalue weighted by atomic mass is 32.2. The molecule has 2 aromatic carbocycles. The molecular weight excluding hydrogens is 376 g/mol. The van der Waals surface area contributed by atoms with Crippen LogP contribution >= 0.6 is 11.3 Å². The molecule has 0 aliphatic carbocycles. The summed E-state index contributed by atoms with van der Waals surface area (Å²) in [6.07, 6.45) is 0.